The minimum Gasteiger partial charge on any atom is -0.299 e. The van der Waals surface area contributed by atoms with E-state index in [0.717, 1.165) is 5.56 Å². The van der Waals surface area contributed by atoms with Crippen molar-refractivity contribution < 1.29 is 9.72 Å². The Balaban J connectivity index is 2.72. The first-order valence-corrected chi connectivity index (χ1v) is 4.27. The normalized spacial score (nSPS) is 10.9. The summed E-state index contributed by atoms with van der Waals surface area (Å²) in [5.41, 5.74) is 0.909. The third-order valence-electron chi connectivity index (χ3n) is 1.69. The van der Waals surface area contributed by atoms with Crippen LogP contribution in [-0.2, 0) is 4.79 Å². The molecule has 0 atom stereocenters. The fraction of sp³-hybridized carbons (Fsp3) is 0. The van der Waals surface area contributed by atoms with E-state index in [-0.39, 0.29) is 5.69 Å². The zero-order valence-electron chi connectivity index (χ0n) is 7.87. The molecule has 4 nitrogen and oxygen atoms in total. The first-order chi connectivity index (χ1) is 7.24. The Morgan fingerprint density at radius 3 is 2.27 bits per heavy atom. The monoisotopic (exact) mass is 203 g/mol. The van der Waals surface area contributed by atoms with Crippen molar-refractivity contribution in [1.29, 1.82) is 0 Å². The lowest BCUT2D eigenvalue weighted by Gasteiger charge is -1.92. The fourth-order valence-corrected chi connectivity index (χ4v) is 0.983. The largest absolute Gasteiger partial charge is 0.299 e. The van der Waals surface area contributed by atoms with Gasteiger partial charge in [0.25, 0.3) is 5.69 Å². The average Bonchev–Trinajstić information content (AvgIpc) is 2.25. The molecule has 0 heterocycles. The van der Waals surface area contributed by atoms with Gasteiger partial charge in [-0.05, 0) is 23.8 Å². The molecule has 0 radical (unpaired) electrons. The summed E-state index contributed by atoms with van der Waals surface area (Å²) < 4.78 is 0. The maximum absolute atomic E-state index is 10.3. The molecule has 0 aliphatic heterocycles. The summed E-state index contributed by atoms with van der Waals surface area (Å²) in [7, 11) is 0. The average molecular weight is 203 g/mol. The molecule has 0 aliphatic rings. The van der Waals surface area contributed by atoms with E-state index < -0.39 is 4.92 Å². The molecule has 0 fully saturated rings. The van der Waals surface area contributed by atoms with Crippen molar-refractivity contribution in [1.82, 2.24) is 0 Å². The van der Waals surface area contributed by atoms with E-state index >= 15 is 0 Å². The summed E-state index contributed by atoms with van der Waals surface area (Å²) in [4.78, 5) is 19.8. The maximum atomic E-state index is 10.3. The molecule has 0 spiro atoms. The quantitative estimate of drug-likeness (QED) is 0.248. The van der Waals surface area contributed by atoms with E-state index in [0.29, 0.717) is 6.29 Å². The number of nitrogens with zero attached hydrogens (tertiary/aromatic N) is 1. The van der Waals surface area contributed by atoms with Gasteiger partial charge in [-0.3, -0.25) is 14.9 Å². The minimum atomic E-state index is -0.445. The minimum absolute atomic E-state index is 0.0654. The summed E-state index contributed by atoms with van der Waals surface area (Å²) in [6.07, 6.45) is 7.08. The lowest BCUT2D eigenvalue weighted by atomic mass is 10.2. The number of carbonyl (C=O) groups excluding carboxylic acids is 1. The molecule has 0 unspecified atom stereocenters. The van der Waals surface area contributed by atoms with Crippen molar-refractivity contribution in [2.75, 3.05) is 0 Å². The van der Waals surface area contributed by atoms with Crippen LogP contribution in [-0.4, -0.2) is 11.2 Å². The highest BCUT2D eigenvalue weighted by molar-refractivity contribution is 5.66. The van der Waals surface area contributed by atoms with Crippen molar-refractivity contribution in [2.45, 2.75) is 0 Å². The van der Waals surface area contributed by atoms with Crippen molar-refractivity contribution in [3.8, 4) is 0 Å². The molecule has 76 valence electrons. The first-order valence-electron chi connectivity index (χ1n) is 4.27. The first kappa shape index (κ1) is 10.8. The van der Waals surface area contributed by atoms with Crippen molar-refractivity contribution in [3.63, 3.8) is 0 Å². The van der Waals surface area contributed by atoms with Gasteiger partial charge in [-0.1, -0.05) is 18.2 Å². The van der Waals surface area contributed by atoms with Crippen LogP contribution in [0.2, 0.25) is 0 Å². The van der Waals surface area contributed by atoms with Crippen LogP contribution in [0.25, 0.3) is 6.08 Å². The number of carbonyl (C=O) groups is 1. The second-order valence-electron chi connectivity index (χ2n) is 2.73. The molecule has 4 heteroatoms. The van der Waals surface area contributed by atoms with Gasteiger partial charge in [0.2, 0.25) is 0 Å². The second-order valence-corrected chi connectivity index (χ2v) is 2.73. The molecule has 0 aliphatic carbocycles. The molecule has 0 N–H and O–H groups in total. The predicted octanol–water partition coefficient (Wildman–Crippen LogP) is 2.36. The molecular formula is C11H9NO3. The molecule has 1 aromatic carbocycles. The van der Waals surface area contributed by atoms with Crippen molar-refractivity contribution >= 4 is 18.0 Å². The van der Waals surface area contributed by atoms with E-state index in [1.807, 2.05) is 0 Å². The van der Waals surface area contributed by atoms with Crippen molar-refractivity contribution in [2.24, 2.45) is 0 Å². The Bertz CT molecular complexity index is 404. The third kappa shape index (κ3) is 3.56. The van der Waals surface area contributed by atoms with Crippen LogP contribution in [0.4, 0.5) is 5.69 Å². The number of aldehydes is 1. The highest BCUT2D eigenvalue weighted by atomic mass is 16.6. The molecule has 0 amide bonds. The highest BCUT2D eigenvalue weighted by Crippen LogP contribution is 2.12. The molecule has 0 bridgehead atoms. The molecule has 0 saturated carbocycles. The predicted molar refractivity (Wildman–Crippen MR) is 57.3 cm³/mol. The Morgan fingerprint density at radius 2 is 1.73 bits per heavy atom. The summed E-state index contributed by atoms with van der Waals surface area (Å²) in [6.45, 7) is 0. The van der Waals surface area contributed by atoms with Crippen LogP contribution in [0, 0.1) is 10.1 Å². The molecule has 0 aromatic heterocycles. The van der Waals surface area contributed by atoms with Gasteiger partial charge in [-0.15, -0.1) is 0 Å². The van der Waals surface area contributed by atoms with Crippen LogP contribution in [0.5, 0.6) is 0 Å². The summed E-state index contributed by atoms with van der Waals surface area (Å²) in [5, 5.41) is 10.3. The Labute approximate surface area is 86.7 Å². The van der Waals surface area contributed by atoms with Crippen LogP contribution >= 0.6 is 0 Å². The number of nitro benzene ring substituents is 1. The van der Waals surface area contributed by atoms with Crippen molar-refractivity contribution in [3.05, 3.63) is 58.2 Å². The highest BCUT2D eigenvalue weighted by Gasteiger charge is 2.01. The number of non-ortho nitro benzene ring substituents is 1. The Morgan fingerprint density at radius 1 is 1.07 bits per heavy atom. The van der Waals surface area contributed by atoms with Crippen LogP contribution in [0.3, 0.4) is 0 Å². The topological polar surface area (TPSA) is 60.2 Å². The lowest BCUT2D eigenvalue weighted by Crippen LogP contribution is -1.86. The van der Waals surface area contributed by atoms with Crippen LogP contribution < -0.4 is 0 Å². The third-order valence-corrected chi connectivity index (χ3v) is 1.69. The van der Waals surface area contributed by atoms with E-state index in [1.54, 1.807) is 30.4 Å². The standard InChI is InChI=1S/C11H9NO3/c13-9-3-1-2-4-10-5-7-11(8-6-10)12(14)15/h1-9H/b3-1+,4-2?. The fourth-order valence-electron chi connectivity index (χ4n) is 0.983. The van der Waals surface area contributed by atoms with Gasteiger partial charge >= 0.3 is 0 Å². The molecule has 1 rings (SSSR count). The summed E-state index contributed by atoms with van der Waals surface area (Å²) in [5.74, 6) is 0. The number of rotatable bonds is 4. The number of nitro groups is 1. The zero-order chi connectivity index (χ0) is 11.1. The Hall–Kier alpha value is -2.23. The van der Waals surface area contributed by atoms with Crippen LogP contribution in [0.1, 0.15) is 5.56 Å². The number of hydrogen-bond acceptors (Lipinski definition) is 3. The van der Waals surface area contributed by atoms with Gasteiger partial charge in [0.15, 0.2) is 0 Å². The van der Waals surface area contributed by atoms with Gasteiger partial charge < -0.3 is 0 Å². The second kappa shape index (κ2) is 5.49. The zero-order valence-corrected chi connectivity index (χ0v) is 7.87. The van der Waals surface area contributed by atoms with Gasteiger partial charge in [0.1, 0.15) is 6.29 Å². The van der Waals surface area contributed by atoms with Crippen LogP contribution in [0.15, 0.2) is 42.5 Å². The lowest BCUT2D eigenvalue weighted by molar-refractivity contribution is -0.384. The molecule has 0 saturated heterocycles. The van der Waals surface area contributed by atoms with E-state index in [2.05, 4.69) is 0 Å². The van der Waals surface area contributed by atoms with E-state index in [9.17, 15) is 14.9 Å². The molecule has 15 heavy (non-hydrogen) atoms. The van der Waals surface area contributed by atoms with E-state index in [4.69, 9.17) is 0 Å². The number of hydrogen-bond donors (Lipinski definition) is 0. The smallest absolute Gasteiger partial charge is 0.269 e. The van der Waals surface area contributed by atoms with Gasteiger partial charge in [0.05, 0.1) is 4.92 Å². The summed E-state index contributed by atoms with van der Waals surface area (Å²) >= 11 is 0. The number of benzene rings is 1. The molecular weight excluding hydrogens is 194 g/mol. The van der Waals surface area contributed by atoms with Gasteiger partial charge in [-0.2, -0.15) is 0 Å². The Kier molecular flexibility index (Phi) is 3.97. The van der Waals surface area contributed by atoms with Gasteiger partial charge in [0, 0.05) is 12.1 Å². The van der Waals surface area contributed by atoms with E-state index in [1.165, 1.54) is 18.2 Å². The van der Waals surface area contributed by atoms with Gasteiger partial charge in [-0.25, -0.2) is 0 Å². The summed E-state index contributed by atoms with van der Waals surface area (Å²) in [6, 6.07) is 6.15. The molecule has 1 aromatic rings. The SMILES string of the molecule is O=C/C=C/C=Cc1ccc([N+](=O)[O-])cc1. The number of allylic oxidation sites excluding steroid dienone is 3. The maximum Gasteiger partial charge on any atom is 0.269 e.